The largest absolute Gasteiger partial charge is 0.338 e. The number of carbonyl (C=O) groups is 1. The number of benzene rings is 1. The average Bonchev–Trinajstić information content (AvgIpc) is 2.69. The maximum absolute atomic E-state index is 12.3. The van der Waals surface area contributed by atoms with Crippen molar-refractivity contribution in [2.24, 2.45) is 0 Å². The summed E-state index contributed by atoms with van der Waals surface area (Å²) in [6, 6.07) is 10.00. The fourth-order valence-corrected chi connectivity index (χ4v) is 3.09. The second-order valence-electron chi connectivity index (χ2n) is 6.79. The van der Waals surface area contributed by atoms with Crippen LogP contribution in [0.4, 0.5) is 11.6 Å². The van der Waals surface area contributed by atoms with Crippen molar-refractivity contribution < 1.29 is 4.79 Å². The van der Waals surface area contributed by atoms with E-state index in [1.807, 2.05) is 18.2 Å². The van der Waals surface area contributed by atoms with Crippen LogP contribution < -0.4 is 10.2 Å². The molecule has 3 rings (SSSR count). The summed E-state index contributed by atoms with van der Waals surface area (Å²) in [6.07, 6.45) is 4.63. The molecular formula is C20H27N5O. The maximum atomic E-state index is 12.3. The van der Waals surface area contributed by atoms with Gasteiger partial charge in [-0.2, -0.15) is 0 Å². The summed E-state index contributed by atoms with van der Waals surface area (Å²) >= 11 is 0. The monoisotopic (exact) mass is 353 g/mol. The topological polar surface area (TPSA) is 61.4 Å². The number of carbonyl (C=O) groups excluding carboxylic acids is 1. The van der Waals surface area contributed by atoms with Gasteiger partial charge in [0.1, 0.15) is 0 Å². The van der Waals surface area contributed by atoms with Gasteiger partial charge >= 0.3 is 0 Å². The Hall–Kier alpha value is -2.47. The van der Waals surface area contributed by atoms with Gasteiger partial charge in [0.15, 0.2) is 0 Å². The third-order valence-corrected chi connectivity index (χ3v) is 4.95. The Morgan fingerprint density at radius 2 is 1.77 bits per heavy atom. The van der Waals surface area contributed by atoms with Gasteiger partial charge in [0.25, 0.3) is 0 Å². The predicted octanol–water partition coefficient (Wildman–Crippen LogP) is 2.75. The number of anilines is 2. The summed E-state index contributed by atoms with van der Waals surface area (Å²) in [7, 11) is 0. The van der Waals surface area contributed by atoms with Crippen molar-refractivity contribution in [3.8, 4) is 0 Å². The first-order chi connectivity index (χ1) is 12.7. The number of amides is 1. The molecule has 1 N–H and O–H groups in total. The Labute approximate surface area is 155 Å². The molecule has 0 spiro atoms. The Bertz CT molecular complexity index is 696. The first kappa shape index (κ1) is 18.3. The van der Waals surface area contributed by atoms with Gasteiger partial charge in [-0.05, 0) is 36.1 Å². The lowest BCUT2D eigenvalue weighted by Gasteiger charge is -2.34. The van der Waals surface area contributed by atoms with Crippen LogP contribution >= 0.6 is 0 Å². The van der Waals surface area contributed by atoms with Gasteiger partial charge in [0.05, 0.1) is 6.54 Å². The zero-order valence-electron chi connectivity index (χ0n) is 15.6. The van der Waals surface area contributed by atoms with Crippen molar-refractivity contribution in [2.75, 3.05) is 42.9 Å². The number of hydrogen-bond donors (Lipinski definition) is 1. The molecule has 6 nitrogen and oxygen atoms in total. The lowest BCUT2D eigenvalue weighted by Crippen LogP contribution is -2.49. The summed E-state index contributed by atoms with van der Waals surface area (Å²) in [4.78, 5) is 25.2. The number of nitrogens with one attached hydrogen (secondary N) is 1. The fourth-order valence-electron chi connectivity index (χ4n) is 3.09. The van der Waals surface area contributed by atoms with E-state index in [0.29, 0.717) is 12.5 Å². The van der Waals surface area contributed by atoms with E-state index in [-0.39, 0.29) is 5.91 Å². The lowest BCUT2D eigenvalue weighted by atomic mass is 9.99. The molecule has 6 heteroatoms. The summed E-state index contributed by atoms with van der Waals surface area (Å²) in [5, 5.41) is 3.00. The highest BCUT2D eigenvalue weighted by Gasteiger charge is 2.20. The first-order valence-electron chi connectivity index (χ1n) is 9.30. The lowest BCUT2D eigenvalue weighted by molar-refractivity contribution is -0.117. The molecule has 1 saturated heterocycles. The van der Waals surface area contributed by atoms with Crippen molar-refractivity contribution in [1.82, 2.24) is 14.9 Å². The highest BCUT2D eigenvalue weighted by atomic mass is 16.2. The zero-order chi connectivity index (χ0) is 18.4. The van der Waals surface area contributed by atoms with Gasteiger partial charge in [-0.25, -0.2) is 9.97 Å². The third kappa shape index (κ3) is 4.79. The summed E-state index contributed by atoms with van der Waals surface area (Å²) < 4.78 is 0. The van der Waals surface area contributed by atoms with Gasteiger partial charge in [0, 0.05) is 44.3 Å². The molecule has 0 bridgehead atoms. The number of rotatable bonds is 6. The van der Waals surface area contributed by atoms with E-state index in [1.54, 1.807) is 12.4 Å². The molecule has 2 heterocycles. The molecule has 0 unspecified atom stereocenters. The molecule has 0 saturated carbocycles. The maximum Gasteiger partial charge on any atom is 0.238 e. The summed E-state index contributed by atoms with van der Waals surface area (Å²) in [5.74, 6) is 1.34. The quantitative estimate of drug-likeness (QED) is 0.865. The van der Waals surface area contributed by atoms with Crippen LogP contribution in [0.15, 0.2) is 42.7 Å². The molecule has 1 fully saturated rings. The van der Waals surface area contributed by atoms with Crippen molar-refractivity contribution in [3.63, 3.8) is 0 Å². The number of piperazine rings is 1. The molecule has 138 valence electrons. The standard InChI is InChI=1S/C20H27N5O/c1-3-16(2)17-5-7-18(8-6-17)23-19(26)15-24-11-13-25(14-12-24)20-21-9-4-10-22-20/h4-10,16H,3,11-15H2,1-2H3,(H,23,26)/t16-/m1/s1. The van der Waals surface area contributed by atoms with Crippen LogP contribution in [0.5, 0.6) is 0 Å². The molecule has 1 amide bonds. The van der Waals surface area contributed by atoms with Gasteiger partial charge in [-0.1, -0.05) is 26.0 Å². The molecular weight excluding hydrogens is 326 g/mol. The molecule has 0 aliphatic carbocycles. The highest BCUT2D eigenvalue weighted by Crippen LogP contribution is 2.20. The predicted molar refractivity (Wildman–Crippen MR) is 104 cm³/mol. The molecule has 1 aromatic heterocycles. The minimum Gasteiger partial charge on any atom is -0.338 e. The third-order valence-electron chi connectivity index (χ3n) is 4.95. The number of hydrogen-bond acceptors (Lipinski definition) is 5. The van der Waals surface area contributed by atoms with E-state index in [4.69, 9.17) is 0 Å². The van der Waals surface area contributed by atoms with Gasteiger partial charge in [0.2, 0.25) is 11.9 Å². The fraction of sp³-hybridized carbons (Fsp3) is 0.450. The second-order valence-corrected chi connectivity index (χ2v) is 6.79. The minimum absolute atomic E-state index is 0.0331. The van der Waals surface area contributed by atoms with E-state index in [2.05, 4.69) is 51.1 Å². The summed E-state index contributed by atoms with van der Waals surface area (Å²) in [6.45, 7) is 8.15. The normalized spacial score (nSPS) is 16.3. The first-order valence-corrected chi connectivity index (χ1v) is 9.30. The van der Waals surface area contributed by atoms with E-state index >= 15 is 0 Å². The number of nitrogens with zero attached hydrogens (tertiary/aromatic N) is 4. The van der Waals surface area contributed by atoms with Gasteiger partial charge in [-0.3, -0.25) is 9.69 Å². The second kappa shape index (κ2) is 8.76. The molecule has 26 heavy (non-hydrogen) atoms. The van der Waals surface area contributed by atoms with Crippen LogP contribution in [-0.4, -0.2) is 53.5 Å². The van der Waals surface area contributed by atoms with Gasteiger partial charge in [-0.15, -0.1) is 0 Å². The van der Waals surface area contributed by atoms with Crippen molar-refractivity contribution >= 4 is 17.5 Å². The van der Waals surface area contributed by atoms with Crippen LogP contribution in [-0.2, 0) is 4.79 Å². The van der Waals surface area contributed by atoms with Gasteiger partial charge < -0.3 is 10.2 Å². The van der Waals surface area contributed by atoms with Crippen LogP contribution in [0, 0.1) is 0 Å². The summed E-state index contributed by atoms with van der Waals surface area (Å²) in [5.41, 5.74) is 2.17. The van der Waals surface area contributed by atoms with Crippen molar-refractivity contribution in [1.29, 1.82) is 0 Å². The smallest absolute Gasteiger partial charge is 0.238 e. The Morgan fingerprint density at radius 3 is 2.38 bits per heavy atom. The van der Waals surface area contributed by atoms with E-state index < -0.39 is 0 Å². The SMILES string of the molecule is CC[C@@H](C)c1ccc(NC(=O)CN2CCN(c3ncccn3)CC2)cc1. The zero-order valence-corrected chi connectivity index (χ0v) is 15.6. The van der Waals surface area contributed by atoms with Crippen LogP contribution in [0.2, 0.25) is 0 Å². The molecule has 1 aliphatic heterocycles. The molecule has 1 atom stereocenters. The Kier molecular flexibility index (Phi) is 6.17. The average molecular weight is 353 g/mol. The minimum atomic E-state index is 0.0331. The van der Waals surface area contributed by atoms with Crippen LogP contribution in [0.25, 0.3) is 0 Å². The van der Waals surface area contributed by atoms with Crippen molar-refractivity contribution in [2.45, 2.75) is 26.2 Å². The highest BCUT2D eigenvalue weighted by molar-refractivity contribution is 5.92. The van der Waals surface area contributed by atoms with Crippen molar-refractivity contribution in [3.05, 3.63) is 48.3 Å². The molecule has 1 aliphatic rings. The molecule has 0 radical (unpaired) electrons. The van der Waals surface area contributed by atoms with E-state index in [0.717, 1.165) is 44.2 Å². The number of aromatic nitrogens is 2. The Balaban J connectivity index is 1.46. The van der Waals surface area contributed by atoms with E-state index in [1.165, 1.54) is 5.56 Å². The van der Waals surface area contributed by atoms with Crippen LogP contribution in [0.1, 0.15) is 31.7 Å². The van der Waals surface area contributed by atoms with Crippen LogP contribution in [0.3, 0.4) is 0 Å². The molecule has 1 aromatic carbocycles. The molecule has 2 aromatic rings. The Morgan fingerprint density at radius 1 is 1.12 bits per heavy atom. The van der Waals surface area contributed by atoms with E-state index in [9.17, 15) is 4.79 Å².